The summed E-state index contributed by atoms with van der Waals surface area (Å²) in [6.45, 7) is 7.36. The minimum atomic E-state index is 0. The summed E-state index contributed by atoms with van der Waals surface area (Å²) >= 11 is 0. The third-order valence-corrected chi connectivity index (χ3v) is 5.42. The van der Waals surface area contributed by atoms with E-state index in [0.717, 1.165) is 43.7 Å². The standard InChI is InChI=1S/C18H34N6O.HI/c1-5-18(9-6-7-10-18)14-21-17(19-11-8-12-25-4)20-13-16-23-22-15(2)24(16)3;/h5-14H2,1-4H3,(H2,19,20,21);1H. The Balaban J connectivity index is 0.00000338. The molecule has 0 unspecified atom stereocenters. The first-order valence-electron chi connectivity index (χ1n) is 9.46. The average molecular weight is 478 g/mol. The fourth-order valence-corrected chi connectivity index (χ4v) is 3.39. The zero-order chi connectivity index (χ0) is 18.1. The summed E-state index contributed by atoms with van der Waals surface area (Å²) in [7, 11) is 3.71. The minimum Gasteiger partial charge on any atom is -0.385 e. The van der Waals surface area contributed by atoms with Gasteiger partial charge in [-0.15, -0.1) is 34.2 Å². The normalized spacial score (nSPS) is 16.4. The van der Waals surface area contributed by atoms with Crippen LogP contribution in [-0.2, 0) is 18.3 Å². The van der Waals surface area contributed by atoms with Crippen molar-refractivity contribution in [2.75, 3.05) is 26.8 Å². The van der Waals surface area contributed by atoms with Gasteiger partial charge in [0, 0.05) is 33.9 Å². The Morgan fingerprint density at radius 1 is 1.27 bits per heavy atom. The van der Waals surface area contributed by atoms with Crippen molar-refractivity contribution in [3.05, 3.63) is 11.6 Å². The van der Waals surface area contributed by atoms with E-state index in [1.807, 2.05) is 18.5 Å². The molecule has 1 aliphatic carbocycles. The van der Waals surface area contributed by atoms with Crippen molar-refractivity contribution in [2.24, 2.45) is 17.5 Å². The summed E-state index contributed by atoms with van der Waals surface area (Å²) in [4.78, 5) is 4.72. The highest BCUT2D eigenvalue weighted by atomic mass is 127. The van der Waals surface area contributed by atoms with Crippen molar-refractivity contribution >= 4 is 29.9 Å². The molecule has 2 N–H and O–H groups in total. The molecule has 2 rings (SSSR count). The zero-order valence-corrected chi connectivity index (χ0v) is 19.0. The molecule has 0 amide bonds. The van der Waals surface area contributed by atoms with Crippen molar-refractivity contribution in [3.63, 3.8) is 0 Å². The molecular weight excluding hydrogens is 443 g/mol. The Labute approximate surface area is 174 Å². The highest BCUT2D eigenvalue weighted by molar-refractivity contribution is 14.0. The molecule has 0 bridgehead atoms. The Kier molecular flexibility index (Phi) is 10.4. The third-order valence-electron chi connectivity index (χ3n) is 5.42. The molecule has 1 heterocycles. The van der Waals surface area contributed by atoms with Crippen LogP contribution in [0.4, 0.5) is 0 Å². The van der Waals surface area contributed by atoms with Gasteiger partial charge in [0.25, 0.3) is 0 Å². The molecule has 1 saturated carbocycles. The van der Waals surface area contributed by atoms with Gasteiger partial charge in [0.05, 0.1) is 0 Å². The number of aromatic nitrogens is 3. The average Bonchev–Trinajstić information content (AvgIpc) is 3.22. The van der Waals surface area contributed by atoms with E-state index < -0.39 is 0 Å². The monoisotopic (exact) mass is 478 g/mol. The lowest BCUT2D eigenvalue weighted by Crippen LogP contribution is -2.43. The van der Waals surface area contributed by atoms with Crippen LogP contribution in [0, 0.1) is 12.3 Å². The summed E-state index contributed by atoms with van der Waals surface area (Å²) < 4.78 is 7.11. The van der Waals surface area contributed by atoms with E-state index in [1.165, 1.54) is 32.1 Å². The van der Waals surface area contributed by atoms with E-state index >= 15 is 0 Å². The number of ether oxygens (including phenoxy) is 1. The van der Waals surface area contributed by atoms with E-state index in [1.54, 1.807) is 7.11 Å². The molecule has 150 valence electrons. The molecule has 8 heteroatoms. The molecule has 26 heavy (non-hydrogen) atoms. The number of guanidine groups is 1. The molecule has 1 aromatic rings. The Morgan fingerprint density at radius 3 is 2.58 bits per heavy atom. The molecule has 0 atom stereocenters. The quantitative estimate of drug-likeness (QED) is 0.247. The molecule has 1 aliphatic rings. The molecule has 0 saturated heterocycles. The van der Waals surface area contributed by atoms with E-state index in [2.05, 4.69) is 27.8 Å². The second-order valence-electron chi connectivity index (χ2n) is 7.07. The van der Waals surface area contributed by atoms with Gasteiger partial charge >= 0.3 is 0 Å². The highest BCUT2D eigenvalue weighted by Gasteiger charge is 2.31. The number of halogens is 1. The number of aryl methyl sites for hydroxylation is 1. The summed E-state index contributed by atoms with van der Waals surface area (Å²) in [5.41, 5.74) is 0.427. The van der Waals surface area contributed by atoms with Gasteiger partial charge in [-0.1, -0.05) is 19.8 Å². The molecular formula is C18H35IN6O. The van der Waals surface area contributed by atoms with Gasteiger partial charge < -0.3 is 19.9 Å². The van der Waals surface area contributed by atoms with Gasteiger partial charge in [-0.3, -0.25) is 0 Å². The number of nitrogens with zero attached hydrogens (tertiary/aromatic N) is 4. The van der Waals surface area contributed by atoms with Crippen molar-refractivity contribution in [2.45, 2.75) is 58.9 Å². The molecule has 0 spiro atoms. The topological polar surface area (TPSA) is 76.4 Å². The maximum absolute atomic E-state index is 5.12. The third kappa shape index (κ3) is 6.68. The molecule has 1 aromatic heterocycles. The van der Waals surface area contributed by atoms with Gasteiger partial charge in [-0.2, -0.15) is 0 Å². The van der Waals surface area contributed by atoms with Crippen molar-refractivity contribution in [3.8, 4) is 0 Å². The van der Waals surface area contributed by atoms with Crippen LogP contribution >= 0.6 is 24.0 Å². The molecule has 0 aliphatic heterocycles. The van der Waals surface area contributed by atoms with E-state index in [9.17, 15) is 0 Å². The lowest BCUT2D eigenvalue weighted by molar-refractivity contribution is 0.195. The summed E-state index contributed by atoms with van der Waals surface area (Å²) in [5.74, 6) is 2.64. The lowest BCUT2D eigenvalue weighted by atomic mass is 9.83. The second-order valence-corrected chi connectivity index (χ2v) is 7.07. The van der Waals surface area contributed by atoms with Crippen LogP contribution in [0.1, 0.15) is 57.1 Å². The summed E-state index contributed by atoms with van der Waals surface area (Å²) in [5, 5.41) is 15.3. The number of hydrogen-bond acceptors (Lipinski definition) is 4. The first kappa shape index (κ1) is 23.1. The fraction of sp³-hybridized carbons (Fsp3) is 0.833. The van der Waals surface area contributed by atoms with Crippen LogP contribution in [-0.4, -0.2) is 47.5 Å². The number of nitrogens with one attached hydrogen (secondary N) is 2. The fourth-order valence-electron chi connectivity index (χ4n) is 3.39. The number of aliphatic imine (C=N–C) groups is 1. The number of rotatable bonds is 9. The molecule has 0 radical (unpaired) electrons. The largest absolute Gasteiger partial charge is 0.385 e. The first-order valence-corrected chi connectivity index (χ1v) is 9.46. The lowest BCUT2D eigenvalue weighted by Gasteiger charge is -2.28. The van der Waals surface area contributed by atoms with Crippen LogP contribution in [0.2, 0.25) is 0 Å². The zero-order valence-electron chi connectivity index (χ0n) is 16.7. The van der Waals surface area contributed by atoms with E-state index in [-0.39, 0.29) is 24.0 Å². The Hall–Kier alpha value is -0.900. The predicted octanol–water partition coefficient (Wildman–Crippen LogP) is 2.78. The van der Waals surface area contributed by atoms with Crippen molar-refractivity contribution in [1.82, 2.24) is 25.4 Å². The maximum atomic E-state index is 5.12. The number of methoxy groups -OCH3 is 1. The van der Waals surface area contributed by atoms with Gasteiger partial charge in [0.15, 0.2) is 11.8 Å². The molecule has 0 aromatic carbocycles. The maximum Gasteiger partial charge on any atom is 0.191 e. The Morgan fingerprint density at radius 2 is 2.00 bits per heavy atom. The van der Waals surface area contributed by atoms with Gasteiger partial charge in [0.2, 0.25) is 0 Å². The van der Waals surface area contributed by atoms with Crippen molar-refractivity contribution in [1.29, 1.82) is 0 Å². The second kappa shape index (κ2) is 11.7. The smallest absolute Gasteiger partial charge is 0.191 e. The molecule has 7 nitrogen and oxygen atoms in total. The number of hydrogen-bond donors (Lipinski definition) is 2. The van der Waals surface area contributed by atoms with Crippen LogP contribution in [0.3, 0.4) is 0 Å². The highest BCUT2D eigenvalue weighted by Crippen LogP contribution is 2.40. The summed E-state index contributed by atoms with van der Waals surface area (Å²) in [6.07, 6.45) is 7.51. The van der Waals surface area contributed by atoms with Gasteiger partial charge in [-0.25, -0.2) is 4.99 Å². The van der Waals surface area contributed by atoms with Gasteiger partial charge in [-0.05, 0) is 38.0 Å². The van der Waals surface area contributed by atoms with Crippen molar-refractivity contribution < 1.29 is 4.74 Å². The molecule has 1 fully saturated rings. The SMILES string of the molecule is CCC1(CNC(=NCc2nnc(C)n2C)NCCCOC)CCCC1.I. The van der Waals surface area contributed by atoms with Crippen LogP contribution < -0.4 is 10.6 Å². The summed E-state index contributed by atoms with van der Waals surface area (Å²) in [6, 6.07) is 0. The van der Waals surface area contributed by atoms with E-state index in [4.69, 9.17) is 9.73 Å². The van der Waals surface area contributed by atoms with Crippen LogP contribution in [0.15, 0.2) is 4.99 Å². The first-order chi connectivity index (χ1) is 12.1. The predicted molar refractivity (Wildman–Crippen MR) is 116 cm³/mol. The minimum absolute atomic E-state index is 0. The van der Waals surface area contributed by atoms with E-state index in [0.29, 0.717) is 12.0 Å². The van der Waals surface area contributed by atoms with Gasteiger partial charge in [0.1, 0.15) is 12.4 Å². The Bertz CT molecular complexity index is 554. The van der Waals surface area contributed by atoms with Crippen LogP contribution in [0.25, 0.3) is 0 Å². The van der Waals surface area contributed by atoms with Crippen LogP contribution in [0.5, 0.6) is 0 Å².